The second-order valence-electron chi connectivity index (χ2n) is 4.43. The predicted molar refractivity (Wildman–Crippen MR) is 54.6 cm³/mol. The zero-order valence-corrected chi connectivity index (χ0v) is 9.19. The minimum atomic E-state index is -1.12. The molecule has 3 heteroatoms. The first-order valence-corrected chi connectivity index (χ1v) is 5.09. The van der Waals surface area contributed by atoms with Crippen molar-refractivity contribution >= 4 is 0 Å². The third kappa shape index (κ3) is 3.40. The van der Waals surface area contributed by atoms with E-state index in [9.17, 15) is 5.11 Å². The van der Waals surface area contributed by atoms with Crippen molar-refractivity contribution < 1.29 is 14.6 Å². The summed E-state index contributed by atoms with van der Waals surface area (Å²) in [6, 6.07) is 0. The van der Waals surface area contributed by atoms with E-state index in [1.807, 2.05) is 6.08 Å². The molecule has 0 aromatic carbocycles. The van der Waals surface area contributed by atoms with Crippen molar-refractivity contribution in [3.63, 3.8) is 0 Å². The summed E-state index contributed by atoms with van der Waals surface area (Å²) < 4.78 is 11.0. The molecule has 1 aliphatic rings. The summed E-state index contributed by atoms with van der Waals surface area (Å²) in [6.07, 6.45) is 3.56. The molecular formula is C11H20O3. The Morgan fingerprint density at radius 1 is 1.64 bits per heavy atom. The van der Waals surface area contributed by atoms with E-state index >= 15 is 0 Å². The Morgan fingerprint density at radius 2 is 2.29 bits per heavy atom. The van der Waals surface area contributed by atoms with Crippen molar-refractivity contribution in [2.24, 2.45) is 5.92 Å². The number of ether oxygens (including phenoxy) is 2. The summed E-state index contributed by atoms with van der Waals surface area (Å²) in [7, 11) is 0. The van der Waals surface area contributed by atoms with Crippen molar-refractivity contribution in [3.8, 4) is 0 Å². The van der Waals surface area contributed by atoms with Gasteiger partial charge in [-0.05, 0) is 26.7 Å². The van der Waals surface area contributed by atoms with Gasteiger partial charge in [-0.1, -0.05) is 13.0 Å². The van der Waals surface area contributed by atoms with E-state index in [4.69, 9.17) is 9.47 Å². The van der Waals surface area contributed by atoms with Gasteiger partial charge < -0.3 is 14.6 Å². The molecule has 0 aromatic heterocycles. The van der Waals surface area contributed by atoms with Gasteiger partial charge in [-0.15, -0.1) is 6.58 Å². The second kappa shape index (κ2) is 4.43. The van der Waals surface area contributed by atoms with E-state index in [-0.39, 0.29) is 12.4 Å². The predicted octanol–water partition coefficient (Wildman–Crippen LogP) is 2.06. The lowest BCUT2D eigenvalue weighted by Gasteiger charge is -2.25. The summed E-state index contributed by atoms with van der Waals surface area (Å²) in [5.74, 6) is -0.798. The van der Waals surface area contributed by atoms with Crippen molar-refractivity contribution in [2.75, 3.05) is 0 Å². The van der Waals surface area contributed by atoms with Gasteiger partial charge in [0.15, 0.2) is 12.1 Å². The SMILES string of the molecule is C=CC[C@@H]1C[C@@H](C)[C@@H](OC(C)(C)O)O1. The van der Waals surface area contributed by atoms with Crippen LogP contribution in [-0.4, -0.2) is 23.3 Å². The Labute approximate surface area is 85.7 Å². The summed E-state index contributed by atoms with van der Waals surface area (Å²) in [5, 5.41) is 9.49. The highest BCUT2D eigenvalue weighted by molar-refractivity contribution is 4.81. The molecule has 0 aliphatic carbocycles. The average molecular weight is 200 g/mol. The van der Waals surface area contributed by atoms with Crippen molar-refractivity contribution in [2.45, 2.75) is 51.8 Å². The topological polar surface area (TPSA) is 38.7 Å². The van der Waals surface area contributed by atoms with Crippen LogP contribution in [0.25, 0.3) is 0 Å². The lowest BCUT2D eigenvalue weighted by atomic mass is 10.1. The largest absolute Gasteiger partial charge is 0.366 e. The van der Waals surface area contributed by atoms with Crippen LogP contribution in [0.2, 0.25) is 0 Å². The van der Waals surface area contributed by atoms with Crippen LogP contribution in [0, 0.1) is 5.92 Å². The third-order valence-electron chi connectivity index (χ3n) is 2.26. The van der Waals surface area contributed by atoms with Gasteiger partial charge in [-0.3, -0.25) is 0 Å². The fraction of sp³-hybridized carbons (Fsp3) is 0.818. The van der Waals surface area contributed by atoms with Crippen LogP contribution >= 0.6 is 0 Å². The Bertz CT molecular complexity index is 195. The zero-order valence-electron chi connectivity index (χ0n) is 9.19. The van der Waals surface area contributed by atoms with Crippen LogP contribution in [-0.2, 0) is 9.47 Å². The van der Waals surface area contributed by atoms with E-state index in [0.29, 0.717) is 5.92 Å². The molecule has 0 amide bonds. The summed E-state index contributed by atoms with van der Waals surface area (Å²) in [5.41, 5.74) is 0. The lowest BCUT2D eigenvalue weighted by molar-refractivity contribution is -0.276. The molecular weight excluding hydrogens is 180 g/mol. The fourth-order valence-electron chi connectivity index (χ4n) is 1.67. The second-order valence-corrected chi connectivity index (χ2v) is 4.43. The maximum Gasteiger partial charge on any atom is 0.163 e. The normalized spacial score (nSPS) is 33.3. The molecule has 0 spiro atoms. The highest BCUT2D eigenvalue weighted by atomic mass is 16.7. The molecule has 82 valence electrons. The Morgan fingerprint density at radius 3 is 2.79 bits per heavy atom. The molecule has 1 fully saturated rings. The molecule has 1 heterocycles. The molecule has 1 aliphatic heterocycles. The van der Waals surface area contributed by atoms with Gasteiger partial charge in [0.05, 0.1) is 6.10 Å². The van der Waals surface area contributed by atoms with Gasteiger partial charge in [0.25, 0.3) is 0 Å². The van der Waals surface area contributed by atoms with Gasteiger partial charge in [0.2, 0.25) is 0 Å². The fourth-order valence-corrected chi connectivity index (χ4v) is 1.67. The number of hydrogen-bond acceptors (Lipinski definition) is 3. The molecule has 14 heavy (non-hydrogen) atoms. The smallest absolute Gasteiger partial charge is 0.163 e. The molecule has 3 nitrogen and oxygen atoms in total. The highest BCUT2D eigenvalue weighted by Crippen LogP contribution is 2.30. The Kier molecular flexibility index (Phi) is 3.70. The van der Waals surface area contributed by atoms with Gasteiger partial charge in [-0.2, -0.15) is 0 Å². The summed E-state index contributed by atoms with van der Waals surface area (Å²) >= 11 is 0. The van der Waals surface area contributed by atoms with Crippen molar-refractivity contribution in [1.29, 1.82) is 0 Å². The molecule has 0 saturated carbocycles. The van der Waals surface area contributed by atoms with Crippen LogP contribution in [0.5, 0.6) is 0 Å². The highest BCUT2D eigenvalue weighted by Gasteiger charge is 2.35. The van der Waals surface area contributed by atoms with Crippen molar-refractivity contribution in [3.05, 3.63) is 12.7 Å². The van der Waals surface area contributed by atoms with E-state index in [2.05, 4.69) is 13.5 Å². The van der Waals surface area contributed by atoms with Crippen LogP contribution in [0.15, 0.2) is 12.7 Å². The first kappa shape index (κ1) is 11.7. The summed E-state index contributed by atoms with van der Waals surface area (Å²) in [4.78, 5) is 0. The van der Waals surface area contributed by atoms with Gasteiger partial charge in [0.1, 0.15) is 0 Å². The van der Waals surface area contributed by atoms with Crippen LogP contribution in [0.1, 0.15) is 33.6 Å². The monoisotopic (exact) mass is 200 g/mol. The van der Waals surface area contributed by atoms with E-state index in [0.717, 1.165) is 12.8 Å². The Hall–Kier alpha value is -0.380. The van der Waals surface area contributed by atoms with Gasteiger partial charge in [0, 0.05) is 5.92 Å². The molecule has 0 bridgehead atoms. The molecule has 0 radical (unpaired) electrons. The standard InChI is InChI=1S/C11H20O3/c1-5-6-9-7-8(2)10(13-9)14-11(3,4)12/h5,8-10,12H,1,6-7H2,2-4H3/t8-,9-,10-/m1/s1. The molecule has 1 rings (SSSR count). The first-order chi connectivity index (χ1) is 6.42. The molecule has 1 N–H and O–H groups in total. The number of hydrogen-bond donors (Lipinski definition) is 1. The average Bonchev–Trinajstić information content (AvgIpc) is 2.29. The van der Waals surface area contributed by atoms with Crippen LogP contribution < -0.4 is 0 Å². The van der Waals surface area contributed by atoms with Crippen LogP contribution in [0.3, 0.4) is 0 Å². The van der Waals surface area contributed by atoms with Gasteiger partial charge >= 0.3 is 0 Å². The minimum absolute atomic E-state index is 0.190. The number of aliphatic hydroxyl groups is 1. The lowest BCUT2D eigenvalue weighted by Crippen LogP contribution is -2.32. The van der Waals surface area contributed by atoms with Crippen molar-refractivity contribution in [1.82, 2.24) is 0 Å². The van der Waals surface area contributed by atoms with E-state index in [1.165, 1.54) is 0 Å². The van der Waals surface area contributed by atoms with E-state index in [1.54, 1.807) is 13.8 Å². The maximum absolute atomic E-state index is 9.49. The van der Waals surface area contributed by atoms with Crippen LogP contribution in [0.4, 0.5) is 0 Å². The maximum atomic E-state index is 9.49. The number of rotatable bonds is 4. The Balaban J connectivity index is 2.44. The molecule has 1 saturated heterocycles. The zero-order chi connectivity index (χ0) is 10.8. The minimum Gasteiger partial charge on any atom is -0.366 e. The summed E-state index contributed by atoms with van der Waals surface area (Å²) in [6.45, 7) is 8.98. The first-order valence-electron chi connectivity index (χ1n) is 5.09. The van der Waals surface area contributed by atoms with E-state index < -0.39 is 5.79 Å². The quantitative estimate of drug-likeness (QED) is 0.557. The van der Waals surface area contributed by atoms with Gasteiger partial charge in [-0.25, -0.2) is 0 Å². The third-order valence-corrected chi connectivity index (χ3v) is 2.26. The molecule has 3 atom stereocenters. The molecule has 0 unspecified atom stereocenters. The molecule has 0 aromatic rings.